The molecule has 2 aromatic heterocycles. The zero-order chi connectivity index (χ0) is 18.0. The first-order chi connectivity index (χ1) is 12.0. The minimum Gasteiger partial charge on any atom is -0.467 e. The first kappa shape index (κ1) is 17.3. The molecule has 3 aromatic rings. The van der Waals surface area contributed by atoms with E-state index in [2.05, 4.69) is 4.98 Å². The maximum Gasteiger partial charge on any atom is 0.262 e. The van der Waals surface area contributed by atoms with Gasteiger partial charge in [-0.3, -0.25) is 14.2 Å². The summed E-state index contributed by atoms with van der Waals surface area (Å²) in [6.07, 6.45) is 1.57. The molecule has 25 heavy (non-hydrogen) atoms. The summed E-state index contributed by atoms with van der Waals surface area (Å²) in [7, 11) is 3.42. The van der Waals surface area contributed by atoms with Crippen LogP contribution in [0, 0.1) is 0 Å². The average molecular weight is 357 g/mol. The highest BCUT2D eigenvalue weighted by Gasteiger charge is 2.21. The Kier molecular flexibility index (Phi) is 4.94. The van der Waals surface area contributed by atoms with E-state index in [1.54, 1.807) is 43.1 Å². The van der Waals surface area contributed by atoms with Crippen LogP contribution >= 0.6 is 11.8 Å². The average Bonchev–Trinajstić information content (AvgIpc) is 3.10. The van der Waals surface area contributed by atoms with Crippen LogP contribution in [0.1, 0.15) is 12.7 Å². The smallest absolute Gasteiger partial charge is 0.262 e. The van der Waals surface area contributed by atoms with Gasteiger partial charge >= 0.3 is 0 Å². The van der Waals surface area contributed by atoms with Gasteiger partial charge < -0.3 is 9.32 Å². The lowest BCUT2D eigenvalue weighted by Gasteiger charge is -2.18. The standard InChI is InChI=1S/C18H19N3O3S/c1-12(16(22)20(2)3)25-18-19-15-9-5-4-8-14(15)17(23)21(18)11-13-7-6-10-24-13/h4-10,12H,11H2,1-3H3. The highest BCUT2D eigenvalue weighted by atomic mass is 32.2. The van der Waals surface area contributed by atoms with Crippen LogP contribution in [0.15, 0.2) is 57.0 Å². The number of amides is 1. The third kappa shape index (κ3) is 3.61. The third-order valence-corrected chi connectivity index (χ3v) is 4.87. The SMILES string of the molecule is CC(Sc1nc2ccccc2c(=O)n1Cc1ccco1)C(=O)N(C)C. The Morgan fingerprint density at radius 2 is 2.04 bits per heavy atom. The molecule has 1 unspecified atom stereocenters. The van der Waals surface area contributed by atoms with Crippen molar-refractivity contribution in [3.63, 3.8) is 0 Å². The van der Waals surface area contributed by atoms with Crippen LogP contribution in [-0.2, 0) is 11.3 Å². The predicted molar refractivity (Wildman–Crippen MR) is 97.8 cm³/mol. The summed E-state index contributed by atoms with van der Waals surface area (Å²) in [5.74, 6) is 0.629. The lowest BCUT2D eigenvalue weighted by molar-refractivity contribution is -0.127. The number of thioether (sulfide) groups is 1. The van der Waals surface area contributed by atoms with Crippen LogP contribution in [0.5, 0.6) is 0 Å². The highest BCUT2D eigenvalue weighted by molar-refractivity contribution is 8.00. The van der Waals surface area contributed by atoms with E-state index in [4.69, 9.17) is 4.42 Å². The number of hydrogen-bond acceptors (Lipinski definition) is 5. The molecule has 7 heteroatoms. The number of rotatable bonds is 5. The second-order valence-electron chi connectivity index (χ2n) is 5.87. The van der Waals surface area contributed by atoms with E-state index in [1.807, 2.05) is 25.1 Å². The van der Waals surface area contributed by atoms with E-state index >= 15 is 0 Å². The van der Waals surface area contributed by atoms with Gasteiger partial charge in [-0.25, -0.2) is 4.98 Å². The molecule has 2 heterocycles. The molecule has 3 rings (SSSR count). The molecule has 6 nitrogen and oxygen atoms in total. The Hall–Kier alpha value is -2.54. The predicted octanol–water partition coefficient (Wildman–Crippen LogP) is 2.61. The Morgan fingerprint density at radius 1 is 1.28 bits per heavy atom. The summed E-state index contributed by atoms with van der Waals surface area (Å²) in [5.41, 5.74) is 0.476. The van der Waals surface area contributed by atoms with Crippen molar-refractivity contribution in [3.05, 3.63) is 58.8 Å². The molecule has 0 N–H and O–H groups in total. The van der Waals surface area contributed by atoms with Gasteiger partial charge in [0.05, 0.1) is 29.0 Å². The van der Waals surface area contributed by atoms with Crippen molar-refractivity contribution in [2.24, 2.45) is 0 Å². The first-order valence-corrected chi connectivity index (χ1v) is 8.75. The molecule has 0 aliphatic rings. The summed E-state index contributed by atoms with van der Waals surface area (Å²) < 4.78 is 6.94. The Balaban J connectivity index is 2.08. The van der Waals surface area contributed by atoms with E-state index in [9.17, 15) is 9.59 Å². The molecule has 0 radical (unpaired) electrons. The molecule has 0 aliphatic heterocycles. The minimum atomic E-state index is -0.356. The van der Waals surface area contributed by atoms with Crippen LogP contribution in [0.3, 0.4) is 0 Å². The zero-order valence-electron chi connectivity index (χ0n) is 14.3. The van der Waals surface area contributed by atoms with Crippen molar-refractivity contribution in [2.75, 3.05) is 14.1 Å². The lowest BCUT2D eigenvalue weighted by Crippen LogP contribution is -2.31. The fraction of sp³-hybridized carbons (Fsp3) is 0.278. The molecular weight excluding hydrogens is 338 g/mol. The van der Waals surface area contributed by atoms with Gasteiger partial charge in [-0.1, -0.05) is 23.9 Å². The molecule has 0 bridgehead atoms. The summed E-state index contributed by atoms with van der Waals surface area (Å²) in [5, 5.41) is 0.693. The third-order valence-electron chi connectivity index (χ3n) is 3.79. The monoisotopic (exact) mass is 357 g/mol. The van der Waals surface area contributed by atoms with Gasteiger partial charge in [-0.05, 0) is 31.2 Å². The summed E-state index contributed by atoms with van der Waals surface area (Å²) >= 11 is 1.28. The zero-order valence-corrected chi connectivity index (χ0v) is 15.1. The molecule has 1 atom stereocenters. The van der Waals surface area contributed by atoms with E-state index in [1.165, 1.54) is 16.7 Å². The van der Waals surface area contributed by atoms with Gasteiger partial charge in [-0.2, -0.15) is 0 Å². The van der Waals surface area contributed by atoms with Crippen molar-refractivity contribution >= 4 is 28.6 Å². The normalized spacial score (nSPS) is 12.3. The van der Waals surface area contributed by atoms with Gasteiger partial charge in [0.2, 0.25) is 5.91 Å². The molecule has 1 amide bonds. The number of furan rings is 1. The topological polar surface area (TPSA) is 68.3 Å². The second-order valence-corrected chi connectivity index (χ2v) is 7.18. The Morgan fingerprint density at radius 3 is 2.72 bits per heavy atom. The largest absolute Gasteiger partial charge is 0.467 e. The number of carbonyl (C=O) groups is 1. The maximum absolute atomic E-state index is 12.9. The van der Waals surface area contributed by atoms with Crippen molar-refractivity contribution in [1.82, 2.24) is 14.5 Å². The minimum absolute atomic E-state index is 0.0306. The maximum atomic E-state index is 12.9. The Labute approximate surface area is 149 Å². The summed E-state index contributed by atoms with van der Waals surface area (Å²) in [6, 6.07) is 10.8. The number of benzene rings is 1. The fourth-order valence-electron chi connectivity index (χ4n) is 2.51. The summed E-state index contributed by atoms with van der Waals surface area (Å²) in [6.45, 7) is 2.08. The van der Waals surface area contributed by atoms with Crippen LogP contribution in [-0.4, -0.2) is 39.7 Å². The van der Waals surface area contributed by atoms with Gasteiger partial charge in [0, 0.05) is 14.1 Å². The second kappa shape index (κ2) is 7.14. The van der Waals surface area contributed by atoms with Gasteiger partial charge in [0.25, 0.3) is 5.56 Å². The van der Waals surface area contributed by atoms with Crippen LogP contribution in [0.2, 0.25) is 0 Å². The number of aromatic nitrogens is 2. The van der Waals surface area contributed by atoms with Crippen LogP contribution in [0.25, 0.3) is 10.9 Å². The Bertz CT molecular complexity index is 948. The lowest BCUT2D eigenvalue weighted by atomic mass is 10.2. The fourth-order valence-corrected chi connectivity index (χ4v) is 3.56. The first-order valence-electron chi connectivity index (χ1n) is 7.87. The van der Waals surface area contributed by atoms with Crippen molar-refractivity contribution in [2.45, 2.75) is 23.9 Å². The van der Waals surface area contributed by atoms with E-state index in [0.29, 0.717) is 21.8 Å². The summed E-state index contributed by atoms with van der Waals surface area (Å²) in [4.78, 5) is 31.3. The number of hydrogen-bond donors (Lipinski definition) is 0. The molecule has 130 valence electrons. The molecule has 0 saturated carbocycles. The number of nitrogens with zero attached hydrogens (tertiary/aromatic N) is 3. The van der Waals surface area contributed by atoms with Gasteiger partial charge in [-0.15, -0.1) is 0 Å². The van der Waals surface area contributed by atoms with E-state index in [-0.39, 0.29) is 23.3 Å². The van der Waals surface area contributed by atoms with Crippen LogP contribution in [0.4, 0.5) is 0 Å². The van der Waals surface area contributed by atoms with Gasteiger partial charge in [0.1, 0.15) is 5.76 Å². The molecule has 0 aliphatic carbocycles. The van der Waals surface area contributed by atoms with Crippen molar-refractivity contribution in [1.29, 1.82) is 0 Å². The quantitative estimate of drug-likeness (QED) is 0.519. The van der Waals surface area contributed by atoms with E-state index < -0.39 is 0 Å². The number of carbonyl (C=O) groups excluding carboxylic acids is 1. The molecular formula is C18H19N3O3S. The van der Waals surface area contributed by atoms with Crippen molar-refractivity contribution in [3.8, 4) is 0 Å². The van der Waals surface area contributed by atoms with Crippen LogP contribution < -0.4 is 5.56 Å². The molecule has 0 fully saturated rings. The van der Waals surface area contributed by atoms with Gasteiger partial charge in [0.15, 0.2) is 5.16 Å². The van der Waals surface area contributed by atoms with Crippen molar-refractivity contribution < 1.29 is 9.21 Å². The molecule has 1 aromatic carbocycles. The van der Waals surface area contributed by atoms with E-state index in [0.717, 1.165) is 0 Å². The number of para-hydroxylation sites is 1. The highest BCUT2D eigenvalue weighted by Crippen LogP contribution is 2.24. The molecule has 0 saturated heterocycles. The molecule has 0 spiro atoms. The number of fused-ring (bicyclic) bond motifs is 1.